The number of carbonyl (C=O) groups excluding carboxylic acids is 1. The van der Waals surface area contributed by atoms with Crippen molar-refractivity contribution in [3.05, 3.63) is 12.2 Å². The molecule has 0 aromatic heterocycles. The van der Waals surface area contributed by atoms with Crippen molar-refractivity contribution in [3.8, 4) is 0 Å². The number of nitrogens with one attached hydrogen (secondary N) is 1. The maximum absolute atomic E-state index is 11.8. The van der Waals surface area contributed by atoms with Gasteiger partial charge in [-0.3, -0.25) is 4.79 Å². The van der Waals surface area contributed by atoms with E-state index in [2.05, 4.69) is 17.5 Å². The minimum absolute atomic E-state index is 0.0747. The molecule has 1 aliphatic rings. The van der Waals surface area contributed by atoms with Gasteiger partial charge in [0.1, 0.15) is 0 Å². The molecule has 16 heavy (non-hydrogen) atoms. The number of rotatable bonds is 5. The molecule has 4 heteroatoms. The van der Waals surface area contributed by atoms with E-state index in [1.165, 1.54) is 0 Å². The minimum Gasteiger partial charge on any atom is -0.387 e. The van der Waals surface area contributed by atoms with E-state index in [1.807, 2.05) is 6.26 Å². The van der Waals surface area contributed by atoms with Crippen molar-refractivity contribution in [2.75, 3.05) is 18.6 Å². The molecule has 0 saturated heterocycles. The summed E-state index contributed by atoms with van der Waals surface area (Å²) >= 11 is 1.58. The van der Waals surface area contributed by atoms with Crippen molar-refractivity contribution in [1.82, 2.24) is 5.32 Å². The van der Waals surface area contributed by atoms with Gasteiger partial charge in [-0.1, -0.05) is 12.2 Å². The van der Waals surface area contributed by atoms with Crippen LogP contribution in [0.1, 0.15) is 26.2 Å². The smallest absolute Gasteiger partial charge is 0.223 e. The number of hydrogen-bond donors (Lipinski definition) is 2. The van der Waals surface area contributed by atoms with Gasteiger partial charge >= 0.3 is 0 Å². The Hall–Kier alpha value is -0.480. The fourth-order valence-electron chi connectivity index (χ4n) is 1.82. The van der Waals surface area contributed by atoms with Crippen LogP contribution in [0.3, 0.4) is 0 Å². The molecule has 0 spiro atoms. The highest BCUT2D eigenvalue weighted by molar-refractivity contribution is 7.98. The predicted molar refractivity (Wildman–Crippen MR) is 68.5 cm³/mol. The molecule has 0 heterocycles. The molecule has 0 fully saturated rings. The lowest BCUT2D eigenvalue weighted by Gasteiger charge is -2.24. The van der Waals surface area contributed by atoms with E-state index in [-0.39, 0.29) is 11.8 Å². The molecule has 0 aromatic carbocycles. The first kappa shape index (κ1) is 13.6. The molecular formula is C12H21NO2S. The summed E-state index contributed by atoms with van der Waals surface area (Å²) in [5.41, 5.74) is -0.806. The van der Waals surface area contributed by atoms with E-state index in [0.29, 0.717) is 12.3 Å². The normalized spacial score (nSPS) is 23.8. The largest absolute Gasteiger partial charge is 0.387 e. The molecule has 0 bridgehead atoms. The number of hydrogen-bond acceptors (Lipinski definition) is 3. The Morgan fingerprint density at radius 2 is 2.38 bits per heavy atom. The molecule has 0 saturated carbocycles. The standard InChI is InChI=1S/C12H21NO2S/c1-12(15,9-16-2)8-13-11(14)10-6-4-3-5-7-10/h3-4,10,15H,5-9H2,1-2H3,(H,13,14). The van der Waals surface area contributed by atoms with E-state index >= 15 is 0 Å². The van der Waals surface area contributed by atoms with E-state index in [9.17, 15) is 9.90 Å². The van der Waals surface area contributed by atoms with Crippen molar-refractivity contribution in [2.45, 2.75) is 31.8 Å². The lowest BCUT2D eigenvalue weighted by Crippen LogP contribution is -2.44. The fraction of sp³-hybridized carbons (Fsp3) is 0.750. The van der Waals surface area contributed by atoms with Crippen LogP contribution in [0.5, 0.6) is 0 Å². The van der Waals surface area contributed by atoms with Crippen molar-refractivity contribution >= 4 is 17.7 Å². The second-order valence-corrected chi connectivity index (χ2v) is 5.50. The molecule has 2 unspecified atom stereocenters. The summed E-state index contributed by atoms with van der Waals surface area (Å²) in [6, 6.07) is 0. The Morgan fingerprint density at radius 3 is 2.94 bits per heavy atom. The quantitative estimate of drug-likeness (QED) is 0.721. The van der Waals surface area contributed by atoms with Crippen LogP contribution in [0, 0.1) is 5.92 Å². The highest BCUT2D eigenvalue weighted by Crippen LogP contribution is 2.18. The SMILES string of the molecule is CSCC(C)(O)CNC(=O)C1CC=CCC1. The van der Waals surface area contributed by atoms with Crippen molar-refractivity contribution in [2.24, 2.45) is 5.92 Å². The van der Waals surface area contributed by atoms with Gasteiger partial charge in [0, 0.05) is 18.2 Å². The zero-order chi connectivity index (χ0) is 12.0. The third kappa shape index (κ3) is 4.58. The molecule has 92 valence electrons. The van der Waals surface area contributed by atoms with Crippen LogP contribution in [0.2, 0.25) is 0 Å². The van der Waals surface area contributed by atoms with Crippen molar-refractivity contribution in [3.63, 3.8) is 0 Å². The van der Waals surface area contributed by atoms with Crippen LogP contribution in [0.25, 0.3) is 0 Å². The highest BCUT2D eigenvalue weighted by Gasteiger charge is 2.23. The van der Waals surface area contributed by atoms with Crippen LogP contribution in [-0.4, -0.2) is 35.2 Å². The second kappa shape index (κ2) is 6.30. The molecule has 1 rings (SSSR count). The first-order valence-electron chi connectivity index (χ1n) is 5.69. The fourth-order valence-corrected chi connectivity index (χ4v) is 2.54. The molecule has 2 N–H and O–H groups in total. The maximum Gasteiger partial charge on any atom is 0.223 e. The summed E-state index contributed by atoms with van der Waals surface area (Å²) in [6.07, 6.45) is 8.87. The van der Waals surface area contributed by atoms with Crippen LogP contribution < -0.4 is 5.32 Å². The average molecular weight is 243 g/mol. The van der Waals surface area contributed by atoms with Gasteiger partial charge < -0.3 is 10.4 Å². The van der Waals surface area contributed by atoms with Crippen LogP contribution in [-0.2, 0) is 4.79 Å². The van der Waals surface area contributed by atoms with E-state index in [4.69, 9.17) is 0 Å². The summed E-state index contributed by atoms with van der Waals surface area (Å²) in [7, 11) is 0. The first-order chi connectivity index (χ1) is 7.55. The lowest BCUT2D eigenvalue weighted by atomic mass is 9.93. The number of amides is 1. The van der Waals surface area contributed by atoms with Gasteiger partial charge in [-0.25, -0.2) is 0 Å². The molecule has 0 aliphatic heterocycles. The molecule has 3 nitrogen and oxygen atoms in total. The van der Waals surface area contributed by atoms with Gasteiger partial charge in [-0.2, -0.15) is 11.8 Å². The number of thioether (sulfide) groups is 1. The zero-order valence-electron chi connectivity index (χ0n) is 10.0. The summed E-state index contributed by atoms with van der Waals surface area (Å²) in [5.74, 6) is 0.804. The van der Waals surface area contributed by atoms with Gasteiger partial charge in [0.05, 0.1) is 5.60 Å². The van der Waals surface area contributed by atoms with E-state index < -0.39 is 5.60 Å². The second-order valence-electron chi connectivity index (χ2n) is 4.63. The number of allylic oxidation sites excluding steroid dienone is 2. The summed E-state index contributed by atoms with van der Waals surface area (Å²) in [5, 5.41) is 12.8. The summed E-state index contributed by atoms with van der Waals surface area (Å²) in [6.45, 7) is 2.09. The molecule has 2 atom stereocenters. The number of aliphatic hydroxyl groups is 1. The average Bonchev–Trinajstić information content (AvgIpc) is 2.27. The van der Waals surface area contributed by atoms with Crippen molar-refractivity contribution in [1.29, 1.82) is 0 Å². The van der Waals surface area contributed by atoms with E-state index in [0.717, 1.165) is 19.3 Å². The third-order valence-electron chi connectivity index (χ3n) is 2.74. The minimum atomic E-state index is -0.806. The van der Waals surface area contributed by atoms with Gasteiger partial charge in [-0.15, -0.1) is 0 Å². The molecule has 0 radical (unpaired) electrons. The van der Waals surface area contributed by atoms with Crippen molar-refractivity contribution < 1.29 is 9.90 Å². The van der Waals surface area contributed by atoms with Crippen LogP contribution in [0.15, 0.2) is 12.2 Å². The van der Waals surface area contributed by atoms with Gasteiger partial charge in [-0.05, 0) is 32.4 Å². The summed E-state index contributed by atoms with van der Waals surface area (Å²) < 4.78 is 0. The molecule has 1 amide bonds. The molecular weight excluding hydrogens is 222 g/mol. The van der Waals surface area contributed by atoms with Gasteiger partial charge in [0.15, 0.2) is 0 Å². The van der Waals surface area contributed by atoms with Gasteiger partial charge in [0.2, 0.25) is 5.91 Å². The first-order valence-corrected chi connectivity index (χ1v) is 7.08. The topological polar surface area (TPSA) is 49.3 Å². The monoisotopic (exact) mass is 243 g/mol. The number of carbonyl (C=O) groups is 1. The zero-order valence-corrected chi connectivity index (χ0v) is 10.8. The Bertz CT molecular complexity index is 264. The third-order valence-corrected chi connectivity index (χ3v) is 3.65. The Kier molecular flexibility index (Phi) is 5.35. The highest BCUT2D eigenvalue weighted by atomic mass is 32.2. The van der Waals surface area contributed by atoms with Gasteiger partial charge in [0.25, 0.3) is 0 Å². The van der Waals surface area contributed by atoms with Crippen LogP contribution >= 0.6 is 11.8 Å². The Balaban J connectivity index is 2.31. The Morgan fingerprint density at radius 1 is 1.62 bits per heavy atom. The van der Waals surface area contributed by atoms with E-state index in [1.54, 1.807) is 18.7 Å². The lowest BCUT2D eigenvalue weighted by molar-refractivity contribution is -0.126. The maximum atomic E-state index is 11.8. The molecule has 1 aliphatic carbocycles. The Labute approximate surface area is 102 Å². The predicted octanol–water partition coefficient (Wildman–Crippen LogP) is 1.57. The molecule has 0 aromatic rings. The van der Waals surface area contributed by atoms with Crippen LogP contribution in [0.4, 0.5) is 0 Å². The summed E-state index contributed by atoms with van der Waals surface area (Å²) in [4.78, 5) is 11.8.